The first-order valence-electron chi connectivity index (χ1n) is 8.49. The van der Waals surface area contributed by atoms with Crippen molar-refractivity contribution >= 4 is 11.8 Å². The van der Waals surface area contributed by atoms with Crippen LogP contribution in [0.4, 0.5) is 4.39 Å². The molecule has 2 aliphatic rings. The highest BCUT2D eigenvalue weighted by atomic mass is 19.1. The molecular weight excluding hydrogens is 311 g/mol. The van der Waals surface area contributed by atoms with Crippen molar-refractivity contribution in [1.82, 2.24) is 4.90 Å². The van der Waals surface area contributed by atoms with Gasteiger partial charge in [0.05, 0.1) is 0 Å². The van der Waals surface area contributed by atoms with E-state index in [1.807, 2.05) is 4.90 Å². The second kappa shape index (κ2) is 7.20. The van der Waals surface area contributed by atoms with E-state index in [2.05, 4.69) is 0 Å². The van der Waals surface area contributed by atoms with Crippen LogP contribution in [0, 0.1) is 17.7 Å². The minimum absolute atomic E-state index is 0.135. The third-order valence-corrected chi connectivity index (χ3v) is 4.74. The lowest BCUT2D eigenvalue weighted by Crippen LogP contribution is -2.49. The van der Waals surface area contributed by atoms with Gasteiger partial charge in [0.25, 0.3) is 0 Å². The zero-order valence-electron chi connectivity index (χ0n) is 13.6. The molecule has 0 unspecified atom stereocenters. The van der Waals surface area contributed by atoms with E-state index in [1.165, 1.54) is 12.1 Å². The average molecular weight is 334 g/mol. The standard InChI is InChI=1S/C18H23FN2O3/c19-14-3-5-15(6-4-14)24-16-7-8-21(11-13(16)10-17(20)22)18(23)9-12-1-2-12/h3-6,12-13,16H,1-2,7-11H2,(H2,20,22)/t13-,16-/m0/s1. The van der Waals surface area contributed by atoms with Crippen LogP contribution in [0.1, 0.15) is 32.1 Å². The van der Waals surface area contributed by atoms with E-state index >= 15 is 0 Å². The Hall–Kier alpha value is -2.11. The zero-order chi connectivity index (χ0) is 17.1. The third kappa shape index (κ3) is 4.46. The number of rotatable bonds is 6. The predicted molar refractivity (Wildman–Crippen MR) is 86.7 cm³/mol. The minimum Gasteiger partial charge on any atom is -0.490 e. The molecule has 0 bridgehead atoms. The molecule has 1 aromatic rings. The summed E-state index contributed by atoms with van der Waals surface area (Å²) in [4.78, 5) is 25.5. The molecule has 1 saturated heterocycles. The summed E-state index contributed by atoms with van der Waals surface area (Å²) in [7, 11) is 0. The van der Waals surface area contributed by atoms with Crippen molar-refractivity contribution in [2.45, 2.75) is 38.2 Å². The molecule has 6 heteroatoms. The number of benzene rings is 1. The Labute approximate surface area is 141 Å². The lowest BCUT2D eigenvalue weighted by atomic mass is 9.90. The summed E-state index contributed by atoms with van der Waals surface area (Å²) in [6, 6.07) is 5.82. The number of hydrogen-bond acceptors (Lipinski definition) is 3. The summed E-state index contributed by atoms with van der Waals surface area (Å²) >= 11 is 0. The molecular formula is C18H23FN2O3. The van der Waals surface area contributed by atoms with Crippen LogP contribution in [0.3, 0.4) is 0 Å². The number of amides is 2. The van der Waals surface area contributed by atoms with Gasteiger partial charge in [-0.15, -0.1) is 0 Å². The first-order valence-corrected chi connectivity index (χ1v) is 8.49. The zero-order valence-corrected chi connectivity index (χ0v) is 13.6. The third-order valence-electron chi connectivity index (χ3n) is 4.74. The maximum atomic E-state index is 13.0. The number of ether oxygens (including phenoxy) is 1. The fourth-order valence-electron chi connectivity index (χ4n) is 3.23. The van der Waals surface area contributed by atoms with Gasteiger partial charge in [0, 0.05) is 38.3 Å². The highest BCUT2D eigenvalue weighted by molar-refractivity contribution is 5.77. The summed E-state index contributed by atoms with van der Waals surface area (Å²) in [5, 5.41) is 0. The van der Waals surface area contributed by atoms with Crippen molar-refractivity contribution in [2.24, 2.45) is 17.6 Å². The lowest BCUT2D eigenvalue weighted by Gasteiger charge is -2.38. The quantitative estimate of drug-likeness (QED) is 0.866. The number of nitrogens with zero attached hydrogens (tertiary/aromatic N) is 1. The maximum Gasteiger partial charge on any atom is 0.222 e. The van der Waals surface area contributed by atoms with Gasteiger partial charge in [-0.25, -0.2) is 4.39 Å². The summed E-state index contributed by atoms with van der Waals surface area (Å²) < 4.78 is 18.9. The van der Waals surface area contributed by atoms with Crippen LogP contribution < -0.4 is 10.5 Å². The molecule has 2 atom stereocenters. The van der Waals surface area contributed by atoms with Crippen LogP contribution in [0.2, 0.25) is 0 Å². The number of primary amides is 1. The number of halogens is 1. The van der Waals surface area contributed by atoms with Gasteiger partial charge in [0.15, 0.2) is 0 Å². The fourth-order valence-corrected chi connectivity index (χ4v) is 3.23. The molecule has 1 aliphatic carbocycles. The summed E-state index contributed by atoms with van der Waals surface area (Å²) in [6.45, 7) is 1.10. The Morgan fingerprint density at radius 1 is 1.17 bits per heavy atom. The van der Waals surface area contributed by atoms with Gasteiger partial charge >= 0.3 is 0 Å². The molecule has 1 heterocycles. The molecule has 130 valence electrons. The van der Waals surface area contributed by atoms with Gasteiger partial charge in [0.2, 0.25) is 11.8 Å². The first kappa shape index (κ1) is 16.7. The molecule has 1 aromatic carbocycles. The first-order chi connectivity index (χ1) is 11.5. The number of likely N-dealkylation sites (tertiary alicyclic amines) is 1. The molecule has 1 saturated carbocycles. The number of piperidine rings is 1. The molecule has 0 aromatic heterocycles. The van der Waals surface area contributed by atoms with Gasteiger partial charge in [-0.2, -0.15) is 0 Å². The largest absolute Gasteiger partial charge is 0.490 e. The summed E-state index contributed by atoms with van der Waals surface area (Å²) in [5.74, 6) is 0.409. The molecule has 1 aliphatic heterocycles. The van der Waals surface area contributed by atoms with Crippen molar-refractivity contribution in [3.8, 4) is 5.75 Å². The molecule has 0 spiro atoms. The van der Waals surface area contributed by atoms with E-state index in [4.69, 9.17) is 10.5 Å². The van der Waals surface area contributed by atoms with Crippen molar-refractivity contribution in [2.75, 3.05) is 13.1 Å². The molecule has 2 amide bonds. The van der Waals surface area contributed by atoms with E-state index < -0.39 is 5.91 Å². The van der Waals surface area contributed by atoms with Gasteiger partial charge in [-0.05, 0) is 43.0 Å². The molecule has 5 nitrogen and oxygen atoms in total. The minimum atomic E-state index is -0.399. The van der Waals surface area contributed by atoms with Crippen molar-refractivity contribution in [1.29, 1.82) is 0 Å². The highest BCUT2D eigenvalue weighted by Crippen LogP contribution is 2.34. The number of carbonyl (C=O) groups excluding carboxylic acids is 2. The Bertz CT molecular complexity index is 601. The Balaban J connectivity index is 1.63. The number of hydrogen-bond donors (Lipinski definition) is 1. The topological polar surface area (TPSA) is 72.6 Å². The smallest absolute Gasteiger partial charge is 0.222 e. The highest BCUT2D eigenvalue weighted by Gasteiger charge is 2.35. The molecule has 2 N–H and O–H groups in total. The number of carbonyl (C=O) groups is 2. The van der Waals surface area contributed by atoms with Crippen LogP contribution in [-0.2, 0) is 9.59 Å². The summed E-state index contributed by atoms with van der Waals surface area (Å²) in [6.07, 6.45) is 3.51. The van der Waals surface area contributed by atoms with Gasteiger partial charge in [-0.3, -0.25) is 9.59 Å². The van der Waals surface area contributed by atoms with Crippen LogP contribution in [0.5, 0.6) is 5.75 Å². The normalized spacial score (nSPS) is 23.8. The second-order valence-electron chi connectivity index (χ2n) is 6.82. The molecule has 2 fully saturated rings. The molecule has 0 radical (unpaired) electrons. The monoisotopic (exact) mass is 334 g/mol. The fraction of sp³-hybridized carbons (Fsp3) is 0.556. The van der Waals surface area contributed by atoms with E-state index in [1.54, 1.807) is 12.1 Å². The van der Waals surface area contributed by atoms with Crippen LogP contribution in [0.25, 0.3) is 0 Å². The van der Waals surface area contributed by atoms with Crippen LogP contribution in [0.15, 0.2) is 24.3 Å². The van der Waals surface area contributed by atoms with Gasteiger partial charge < -0.3 is 15.4 Å². The van der Waals surface area contributed by atoms with Crippen LogP contribution >= 0.6 is 0 Å². The predicted octanol–water partition coefficient (Wildman–Crippen LogP) is 2.10. The van der Waals surface area contributed by atoms with E-state index in [-0.39, 0.29) is 30.2 Å². The Kier molecular flexibility index (Phi) is 5.02. The van der Waals surface area contributed by atoms with Crippen molar-refractivity contribution in [3.05, 3.63) is 30.1 Å². The van der Waals surface area contributed by atoms with Gasteiger partial charge in [0.1, 0.15) is 17.7 Å². The van der Waals surface area contributed by atoms with Crippen LogP contribution in [-0.4, -0.2) is 35.9 Å². The second-order valence-corrected chi connectivity index (χ2v) is 6.82. The summed E-state index contributed by atoms with van der Waals surface area (Å²) in [5.41, 5.74) is 5.36. The molecule has 3 rings (SSSR count). The lowest BCUT2D eigenvalue weighted by molar-refractivity contribution is -0.136. The SMILES string of the molecule is NC(=O)C[C@H]1CN(C(=O)CC2CC2)CC[C@@H]1Oc1ccc(F)cc1. The van der Waals surface area contributed by atoms with E-state index in [9.17, 15) is 14.0 Å². The van der Waals surface area contributed by atoms with Gasteiger partial charge in [-0.1, -0.05) is 0 Å². The van der Waals surface area contributed by atoms with E-state index in [0.29, 0.717) is 37.6 Å². The average Bonchev–Trinajstić information content (AvgIpc) is 3.34. The van der Waals surface area contributed by atoms with E-state index in [0.717, 1.165) is 12.8 Å². The van der Waals surface area contributed by atoms with Crippen molar-refractivity contribution in [3.63, 3.8) is 0 Å². The Morgan fingerprint density at radius 3 is 2.50 bits per heavy atom. The van der Waals surface area contributed by atoms with Crippen molar-refractivity contribution < 1.29 is 18.7 Å². The molecule has 24 heavy (non-hydrogen) atoms. The Morgan fingerprint density at radius 2 is 1.88 bits per heavy atom. The maximum absolute atomic E-state index is 13.0. The number of nitrogens with two attached hydrogens (primary N) is 1.